The summed E-state index contributed by atoms with van der Waals surface area (Å²) in [5.74, 6) is 0. The molecule has 0 spiro atoms. The van der Waals surface area contributed by atoms with E-state index >= 15 is 0 Å². The van der Waals surface area contributed by atoms with Gasteiger partial charge < -0.3 is 13.6 Å². The number of hydrogen-bond donors (Lipinski definition) is 0. The molecule has 0 bridgehead atoms. The van der Waals surface area contributed by atoms with E-state index in [0.29, 0.717) is 19.8 Å². The number of rotatable bonds is 9. The topological polar surface area (TPSA) is 61.8 Å². The van der Waals surface area contributed by atoms with Crippen molar-refractivity contribution in [2.45, 2.75) is 20.8 Å². The van der Waals surface area contributed by atoms with Crippen LogP contribution in [0.1, 0.15) is 20.8 Å². The van der Waals surface area contributed by atoms with Gasteiger partial charge in [0, 0.05) is 6.16 Å². The van der Waals surface area contributed by atoms with Crippen LogP contribution in [-0.4, -0.2) is 32.1 Å². The van der Waals surface area contributed by atoms with Crippen molar-refractivity contribution in [1.82, 2.24) is 0 Å². The van der Waals surface area contributed by atoms with E-state index in [1.54, 1.807) is 20.8 Å². The van der Waals surface area contributed by atoms with Crippen molar-refractivity contribution in [2.75, 3.05) is 32.1 Å². The molecule has 5 nitrogen and oxygen atoms in total. The summed E-state index contributed by atoms with van der Waals surface area (Å²) >= 11 is 0. The maximum absolute atomic E-state index is 11.9. The zero-order valence-electron chi connectivity index (χ0n) is 9.52. The monoisotopic (exact) mass is 258 g/mol. The molecule has 1 atom stereocenters. The molecule has 0 aliphatic rings. The molecule has 0 heterocycles. The van der Waals surface area contributed by atoms with Crippen molar-refractivity contribution >= 4 is 15.6 Å². The molecule has 92 valence electrons. The molecule has 0 radical (unpaired) electrons. The molecular weight excluding hydrogens is 238 g/mol. The van der Waals surface area contributed by atoms with Crippen LogP contribution in [-0.2, 0) is 22.7 Å². The Labute approximate surface area is 91.9 Å². The Morgan fingerprint density at radius 1 is 1.07 bits per heavy atom. The predicted octanol–water partition coefficient (Wildman–Crippen LogP) is 2.76. The van der Waals surface area contributed by atoms with Crippen molar-refractivity contribution in [3.8, 4) is 0 Å². The first-order valence-corrected chi connectivity index (χ1v) is 8.36. The average molecular weight is 258 g/mol. The largest absolute Gasteiger partial charge is 0.331 e. The maximum Gasteiger partial charge on any atom is 0.331 e. The van der Waals surface area contributed by atoms with Crippen molar-refractivity contribution in [1.29, 1.82) is 0 Å². The van der Waals surface area contributed by atoms with Crippen molar-refractivity contribution < 1.29 is 22.7 Å². The Balaban J connectivity index is 4.06. The molecule has 0 aromatic rings. The summed E-state index contributed by atoms with van der Waals surface area (Å²) in [5, 5.41) is 0. The van der Waals surface area contributed by atoms with Crippen LogP contribution in [0, 0.1) is 0 Å². The van der Waals surface area contributed by atoms with Crippen molar-refractivity contribution in [3.05, 3.63) is 0 Å². The van der Waals surface area contributed by atoms with E-state index < -0.39 is 15.6 Å². The summed E-state index contributed by atoms with van der Waals surface area (Å²) in [6, 6.07) is 0. The van der Waals surface area contributed by atoms with Crippen LogP contribution in [0.2, 0.25) is 0 Å². The van der Waals surface area contributed by atoms with E-state index in [9.17, 15) is 9.13 Å². The second kappa shape index (κ2) is 8.49. The van der Waals surface area contributed by atoms with Crippen molar-refractivity contribution in [3.63, 3.8) is 0 Å². The van der Waals surface area contributed by atoms with E-state index in [4.69, 9.17) is 13.6 Å². The van der Waals surface area contributed by atoms with Gasteiger partial charge in [0.15, 0.2) is 8.03 Å². The summed E-state index contributed by atoms with van der Waals surface area (Å²) in [6.45, 7) is 6.33. The summed E-state index contributed by atoms with van der Waals surface area (Å²) in [4.78, 5) is 0. The van der Waals surface area contributed by atoms with Gasteiger partial charge in [-0.25, -0.2) is 0 Å². The highest BCUT2D eigenvalue weighted by Crippen LogP contribution is 2.49. The molecule has 0 aromatic carbocycles. The summed E-state index contributed by atoms with van der Waals surface area (Å²) in [6.07, 6.45) is 0.405. The standard InChI is InChI=1S/C8H20O5P2/c1-4-11-14(9)7-8-15(10,12-5-2)13-6-3/h14H,4-8H2,1-3H3. The molecule has 0 aliphatic carbocycles. The van der Waals surface area contributed by atoms with Gasteiger partial charge in [0.1, 0.15) is 0 Å². The zero-order chi connectivity index (χ0) is 11.7. The molecule has 0 aliphatic heterocycles. The minimum absolute atomic E-state index is 0.159. The van der Waals surface area contributed by atoms with E-state index in [1.165, 1.54) is 0 Å². The van der Waals surface area contributed by atoms with Crippen LogP contribution in [0.4, 0.5) is 0 Å². The molecule has 7 heteroatoms. The summed E-state index contributed by atoms with van der Waals surface area (Å²) in [5.41, 5.74) is 0. The van der Waals surface area contributed by atoms with Gasteiger partial charge in [-0.15, -0.1) is 0 Å². The Kier molecular flexibility index (Phi) is 8.68. The average Bonchev–Trinajstić information content (AvgIpc) is 2.16. The third-order valence-corrected chi connectivity index (χ3v) is 5.31. The van der Waals surface area contributed by atoms with Crippen LogP contribution in [0.3, 0.4) is 0 Å². The quantitative estimate of drug-likeness (QED) is 0.595. The van der Waals surface area contributed by atoms with Crippen LogP contribution in [0.5, 0.6) is 0 Å². The first-order chi connectivity index (χ1) is 7.08. The Bertz CT molecular complexity index is 221. The molecule has 15 heavy (non-hydrogen) atoms. The molecule has 0 N–H and O–H groups in total. The second-order valence-electron chi connectivity index (χ2n) is 2.73. The van der Waals surface area contributed by atoms with Gasteiger partial charge in [0.2, 0.25) is 0 Å². The fourth-order valence-electron chi connectivity index (χ4n) is 1.02. The Morgan fingerprint density at radius 3 is 2.00 bits per heavy atom. The molecule has 0 fully saturated rings. The third kappa shape index (κ3) is 7.26. The minimum atomic E-state index is -3.05. The van der Waals surface area contributed by atoms with E-state index in [0.717, 1.165) is 0 Å². The SMILES string of the molecule is CCO[PH](=O)CCP(=O)(OCC)OCC. The Morgan fingerprint density at radius 2 is 1.60 bits per heavy atom. The maximum atomic E-state index is 11.9. The molecule has 0 rings (SSSR count). The highest BCUT2D eigenvalue weighted by molar-refractivity contribution is 7.55. The zero-order valence-corrected chi connectivity index (χ0v) is 11.4. The van der Waals surface area contributed by atoms with Crippen LogP contribution >= 0.6 is 15.6 Å². The number of hydrogen-bond acceptors (Lipinski definition) is 5. The first-order valence-electron chi connectivity index (χ1n) is 5.11. The lowest BCUT2D eigenvalue weighted by molar-refractivity contribution is 0.221. The molecule has 0 saturated carbocycles. The molecule has 1 unspecified atom stereocenters. The first kappa shape index (κ1) is 15.3. The van der Waals surface area contributed by atoms with E-state index in [1.807, 2.05) is 0 Å². The molecule has 0 saturated heterocycles. The summed E-state index contributed by atoms with van der Waals surface area (Å²) in [7, 11) is -5.14. The smallest absolute Gasteiger partial charge is 0.331 e. The van der Waals surface area contributed by atoms with Gasteiger partial charge in [0.05, 0.1) is 26.0 Å². The van der Waals surface area contributed by atoms with Gasteiger partial charge in [-0.2, -0.15) is 0 Å². The highest BCUT2D eigenvalue weighted by atomic mass is 31.2. The molecular formula is C8H20O5P2. The molecule has 0 amide bonds. The fourth-order valence-corrected chi connectivity index (χ4v) is 4.43. The molecule has 0 aromatic heterocycles. The van der Waals surface area contributed by atoms with Gasteiger partial charge >= 0.3 is 7.60 Å². The lowest BCUT2D eigenvalue weighted by Crippen LogP contribution is -2.02. The van der Waals surface area contributed by atoms with E-state index in [-0.39, 0.29) is 12.3 Å². The van der Waals surface area contributed by atoms with Crippen LogP contribution in [0.15, 0.2) is 0 Å². The highest BCUT2D eigenvalue weighted by Gasteiger charge is 2.23. The van der Waals surface area contributed by atoms with Gasteiger partial charge in [-0.3, -0.25) is 9.13 Å². The van der Waals surface area contributed by atoms with Crippen molar-refractivity contribution in [2.24, 2.45) is 0 Å². The third-order valence-electron chi connectivity index (χ3n) is 1.55. The van der Waals surface area contributed by atoms with Gasteiger partial charge in [-0.1, -0.05) is 0 Å². The lowest BCUT2D eigenvalue weighted by atomic mass is 10.9. The Hall–Kier alpha value is 0.340. The van der Waals surface area contributed by atoms with Gasteiger partial charge in [-0.05, 0) is 20.8 Å². The van der Waals surface area contributed by atoms with Crippen LogP contribution in [0.25, 0.3) is 0 Å². The normalized spacial score (nSPS) is 14.1. The fraction of sp³-hybridized carbons (Fsp3) is 1.00. The lowest BCUT2D eigenvalue weighted by Gasteiger charge is -2.16. The predicted molar refractivity (Wildman–Crippen MR) is 61.2 cm³/mol. The summed E-state index contributed by atoms with van der Waals surface area (Å²) < 4.78 is 38.1. The van der Waals surface area contributed by atoms with E-state index in [2.05, 4.69) is 0 Å². The second-order valence-corrected chi connectivity index (χ2v) is 6.44. The van der Waals surface area contributed by atoms with Gasteiger partial charge in [0.25, 0.3) is 0 Å². The van der Waals surface area contributed by atoms with Crippen LogP contribution < -0.4 is 0 Å². The minimum Gasteiger partial charge on any atom is -0.331 e.